The van der Waals surface area contributed by atoms with E-state index in [9.17, 15) is 4.79 Å². The molecular formula is C21H18B2FN5O. The number of pyridine rings is 2. The van der Waals surface area contributed by atoms with E-state index in [-0.39, 0.29) is 18.3 Å². The van der Waals surface area contributed by atoms with E-state index < -0.39 is 5.34 Å². The fourth-order valence-electron chi connectivity index (χ4n) is 4.16. The standard InChI is InChI=1S/C21H18B2FN5O/c1-28-11-16-14(6-8-26-19(16)27-28)12-4-5-13(17(24)9-12)10-29-20(30)15-3-2-7-25-18(15)21(29,22)23/h2-9,11H,10,22-23H2,1H3. The summed E-state index contributed by atoms with van der Waals surface area (Å²) in [5, 5.41) is 4.57. The van der Waals surface area contributed by atoms with E-state index in [0.29, 0.717) is 16.8 Å². The smallest absolute Gasteiger partial charge is 0.255 e. The van der Waals surface area contributed by atoms with Gasteiger partial charge in [-0.05, 0) is 35.4 Å². The molecule has 4 heterocycles. The molecule has 6 nitrogen and oxygen atoms in total. The van der Waals surface area contributed by atoms with E-state index in [1.54, 1.807) is 40.2 Å². The quantitative estimate of drug-likeness (QED) is 0.488. The molecule has 0 N–H and O–H groups in total. The minimum absolute atomic E-state index is 0.127. The number of hydrogen-bond donors (Lipinski definition) is 0. The lowest BCUT2D eigenvalue weighted by molar-refractivity contribution is 0.0729. The lowest BCUT2D eigenvalue weighted by atomic mass is 9.59. The molecule has 0 unspecified atom stereocenters. The predicted octanol–water partition coefficient (Wildman–Crippen LogP) is 1.20. The molecule has 0 spiro atoms. The van der Waals surface area contributed by atoms with Crippen LogP contribution < -0.4 is 0 Å². The van der Waals surface area contributed by atoms with Crippen LogP contribution in [0.1, 0.15) is 21.6 Å². The van der Waals surface area contributed by atoms with Crippen molar-refractivity contribution < 1.29 is 9.18 Å². The first kappa shape index (κ1) is 18.5. The Morgan fingerprint density at radius 2 is 1.93 bits per heavy atom. The third kappa shape index (κ3) is 2.73. The van der Waals surface area contributed by atoms with Crippen LogP contribution in [0.15, 0.2) is 55.0 Å². The molecule has 0 bridgehead atoms. The zero-order valence-electron chi connectivity index (χ0n) is 16.9. The number of aryl methyl sites for hydroxylation is 1. The van der Waals surface area contributed by atoms with Crippen molar-refractivity contribution in [1.82, 2.24) is 24.6 Å². The largest absolute Gasteiger partial charge is 0.339 e. The maximum Gasteiger partial charge on any atom is 0.255 e. The minimum Gasteiger partial charge on any atom is -0.339 e. The molecule has 0 atom stereocenters. The van der Waals surface area contributed by atoms with Gasteiger partial charge in [-0.15, -0.1) is 0 Å². The molecule has 1 aliphatic rings. The van der Waals surface area contributed by atoms with Gasteiger partial charge in [0.25, 0.3) is 5.91 Å². The number of benzene rings is 1. The number of hydrogen-bond acceptors (Lipinski definition) is 4. The summed E-state index contributed by atoms with van der Waals surface area (Å²) in [6.07, 6.45) is 5.23. The van der Waals surface area contributed by atoms with Gasteiger partial charge < -0.3 is 4.90 Å². The average molecular weight is 397 g/mol. The Bertz CT molecular complexity index is 1320. The summed E-state index contributed by atoms with van der Waals surface area (Å²) in [4.78, 5) is 23.2. The summed E-state index contributed by atoms with van der Waals surface area (Å²) in [7, 11) is 5.70. The summed E-state index contributed by atoms with van der Waals surface area (Å²) in [5.74, 6) is -0.480. The number of carbonyl (C=O) groups is 1. The van der Waals surface area contributed by atoms with Crippen LogP contribution in [-0.2, 0) is 18.9 Å². The molecule has 0 saturated heterocycles. The Labute approximate surface area is 174 Å². The van der Waals surface area contributed by atoms with Crippen LogP contribution in [0.4, 0.5) is 4.39 Å². The second-order valence-corrected chi connectivity index (χ2v) is 8.05. The molecule has 0 fully saturated rings. The van der Waals surface area contributed by atoms with Crippen molar-refractivity contribution in [3.8, 4) is 11.1 Å². The van der Waals surface area contributed by atoms with E-state index in [1.807, 2.05) is 41.1 Å². The topological polar surface area (TPSA) is 63.9 Å². The van der Waals surface area contributed by atoms with Crippen LogP contribution in [0.2, 0.25) is 0 Å². The predicted molar refractivity (Wildman–Crippen MR) is 117 cm³/mol. The number of carbonyl (C=O) groups excluding carboxylic acids is 1. The number of aromatic nitrogens is 4. The highest BCUT2D eigenvalue weighted by Gasteiger charge is 2.43. The minimum atomic E-state index is -0.605. The third-order valence-corrected chi connectivity index (χ3v) is 5.77. The highest BCUT2D eigenvalue weighted by Crippen LogP contribution is 2.35. The zero-order valence-corrected chi connectivity index (χ0v) is 16.9. The van der Waals surface area contributed by atoms with Crippen LogP contribution >= 0.6 is 0 Å². The molecule has 4 aromatic rings. The summed E-state index contributed by atoms with van der Waals surface area (Å²) in [6.45, 7) is 0.174. The molecule has 5 rings (SSSR count). The second-order valence-electron chi connectivity index (χ2n) is 8.05. The molecule has 0 aliphatic carbocycles. The molecule has 0 saturated carbocycles. The molecule has 1 aliphatic heterocycles. The summed E-state index contributed by atoms with van der Waals surface area (Å²) >= 11 is 0. The zero-order chi connectivity index (χ0) is 21.0. The number of rotatable bonds is 3. The van der Waals surface area contributed by atoms with E-state index in [1.165, 1.54) is 6.07 Å². The van der Waals surface area contributed by atoms with Crippen LogP contribution in [0.3, 0.4) is 0 Å². The van der Waals surface area contributed by atoms with E-state index in [0.717, 1.165) is 22.2 Å². The highest BCUT2D eigenvalue weighted by atomic mass is 19.1. The van der Waals surface area contributed by atoms with Crippen molar-refractivity contribution in [3.05, 3.63) is 77.6 Å². The molecule has 1 amide bonds. The van der Waals surface area contributed by atoms with Gasteiger partial charge in [0.1, 0.15) is 21.5 Å². The Balaban J connectivity index is 1.50. The van der Waals surface area contributed by atoms with E-state index >= 15 is 4.39 Å². The first-order valence-electron chi connectivity index (χ1n) is 9.71. The van der Waals surface area contributed by atoms with E-state index in [4.69, 9.17) is 0 Å². The average Bonchev–Trinajstić information content (AvgIpc) is 3.19. The Morgan fingerprint density at radius 1 is 1.10 bits per heavy atom. The van der Waals surface area contributed by atoms with Gasteiger partial charge in [0.05, 0.1) is 11.3 Å². The van der Waals surface area contributed by atoms with Gasteiger partial charge in [0, 0.05) is 48.5 Å². The van der Waals surface area contributed by atoms with Crippen molar-refractivity contribution in [2.75, 3.05) is 0 Å². The molecule has 9 heteroatoms. The Hall–Kier alpha value is -3.48. The van der Waals surface area contributed by atoms with Gasteiger partial charge >= 0.3 is 0 Å². The maximum absolute atomic E-state index is 15.1. The van der Waals surface area contributed by atoms with Crippen molar-refractivity contribution in [1.29, 1.82) is 0 Å². The molecular weight excluding hydrogens is 379 g/mol. The van der Waals surface area contributed by atoms with Gasteiger partial charge in [0.2, 0.25) is 0 Å². The van der Waals surface area contributed by atoms with Crippen molar-refractivity contribution in [3.63, 3.8) is 0 Å². The van der Waals surface area contributed by atoms with Gasteiger partial charge in [0.15, 0.2) is 5.65 Å². The number of fused-ring (bicyclic) bond motifs is 2. The summed E-state index contributed by atoms with van der Waals surface area (Å²) in [5.41, 5.74) is 4.00. The van der Waals surface area contributed by atoms with Crippen LogP contribution in [0.25, 0.3) is 22.2 Å². The summed E-state index contributed by atoms with van der Waals surface area (Å²) < 4.78 is 16.8. The van der Waals surface area contributed by atoms with Gasteiger partial charge in [-0.2, -0.15) is 5.10 Å². The lowest BCUT2D eigenvalue weighted by Crippen LogP contribution is -2.44. The number of amides is 1. The van der Waals surface area contributed by atoms with Gasteiger partial charge in [-0.1, -0.05) is 12.1 Å². The monoisotopic (exact) mass is 397 g/mol. The Morgan fingerprint density at radius 3 is 2.70 bits per heavy atom. The highest BCUT2D eigenvalue weighted by molar-refractivity contribution is 6.42. The third-order valence-electron chi connectivity index (χ3n) is 5.77. The van der Waals surface area contributed by atoms with E-state index in [2.05, 4.69) is 15.1 Å². The van der Waals surface area contributed by atoms with Crippen LogP contribution in [0, 0.1) is 5.82 Å². The van der Waals surface area contributed by atoms with Crippen molar-refractivity contribution in [2.45, 2.75) is 11.9 Å². The SMILES string of the molecule is BC1(B)c2ncccc2C(=O)N1Cc1ccc(-c2ccnc3nn(C)cc23)cc1F. The molecule has 30 heavy (non-hydrogen) atoms. The number of nitrogens with zero attached hydrogens (tertiary/aromatic N) is 5. The first-order valence-corrected chi connectivity index (χ1v) is 9.71. The van der Waals surface area contributed by atoms with Crippen molar-refractivity contribution >= 4 is 32.6 Å². The molecule has 3 aromatic heterocycles. The molecule has 1 aromatic carbocycles. The fraction of sp³-hybridized carbons (Fsp3) is 0.143. The first-order chi connectivity index (χ1) is 14.4. The van der Waals surface area contributed by atoms with Crippen molar-refractivity contribution in [2.24, 2.45) is 7.05 Å². The lowest BCUT2D eigenvalue weighted by Gasteiger charge is -2.32. The summed E-state index contributed by atoms with van der Waals surface area (Å²) in [6, 6.07) is 10.5. The fourth-order valence-corrected chi connectivity index (χ4v) is 4.16. The molecule has 146 valence electrons. The number of halogens is 1. The van der Waals surface area contributed by atoms with Crippen LogP contribution in [0.5, 0.6) is 0 Å². The second kappa shape index (κ2) is 6.52. The maximum atomic E-state index is 15.1. The van der Waals surface area contributed by atoms with Crippen LogP contribution in [-0.4, -0.2) is 46.2 Å². The van der Waals surface area contributed by atoms with Gasteiger partial charge in [-0.3, -0.25) is 14.5 Å². The van der Waals surface area contributed by atoms with Gasteiger partial charge in [-0.25, -0.2) is 9.37 Å². The molecule has 0 radical (unpaired) electrons. The Kier molecular flexibility index (Phi) is 4.03. The normalized spacial score (nSPS) is 15.0.